The van der Waals surface area contributed by atoms with Gasteiger partial charge in [0.25, 0.3) is 11.5 Å². The highest BCUT2D eigenvalue weighted by Gasteiger charge is 2.34. The van der Waals surface area contributed by atoms with Gasteiger partial charge in [-0.2, -0.15) is 10.4 Å². The van der Waals surface area contributed by atoms with Gasteiger partial charge in [0.05, 0.1) is 28.9 Å². The van der Waals surface area contributed by atoms with Crippen LogP contribution in [0.25, 0.3) is 0 Å². The molecular formula is C26H23F2N5O3. The highest BCUT2D eigenvalue weighted by molar-refractivity contribution is 6.02. The number of carbonyl (C=O) groups is 2. The number of aromatic amines is 1. The predicted octanol–water partition coefficient (Wildman–Crippen LogP) is 3.00. The maximum Gasteiger partial charge on any atom is 0.267 e. The topological polar surface area (TPSA) is 110 Å². The van der Waals surface area contributed by atoms with Crippen LogP contribution in [0, 0.1) is 36.8 Å². The molecule has 0 aliphatic carbocycles. The number of nitrogens with one attached hydrogen (secondary N) is 1. The summed E-state index contributed by atoms with van der Waals surface area (Å²) in [5.74, 6) is -2.49. The SMILES string of the molecule is Cc1c(Cc2ccc(F)c(C(=O)N3CC(=O)N(c4cc(F)cc(C#N)c4)[C@H](C)C3)c2)n[nH]c(=O)c1C. The second-order valence-corrected chi connectivity index (χ2v) is 8.85. The number of benzene rings is 2. The second-order valence-electron chi connectivity index (χ2n) is 8.85. The maximum atomic E-state index is 14.7. The van der Waals surface area contributed by atoms with Gasteiger partial charge in [0.15, 0.2) is 0 Å². The van der Waals surface area contributed by atoms with E-state index in [1.807, 2.05) is 6.07 Å². The molecule has 0 unspecified atom stereocenters. The van der Waals surface area contributed by atoms with Gasteiger partial charge in [-0.25, -0.2) is 13.9 Å². The van der Waals surface area contributed by atoms with Gasteiger partial charge in [-0.05, 0) is 62.2 Å². The number of hydrogen-bond acceptors (Lipinski definition) is 5. The summed E-state index contributed by atoms with van der Waals surface area (Å²) in [6.45, 7) is 4.90. The Hall–Kier alpha value is -4.39. The van der Waals surface area contributed by atoms with Gasteiger partial charge >= 0.3 is 0 Å². The lowest BCUT2D eigenvalue weighted by Gasteiger charge is -2.39. The standard InChI is InChI=1S/C26H23F2N5O3/c1-14-12-32(13-24(34)33(14)20-7-18(11-29)6-19(27)10-20)26(36)21-8-17(4-5-22(21)28)9-23-15(2)16(3)25(35)31-30-23/h4-8,10,14H,9,12-13H2,1-3H3,(H,31,35)/t14-/m1/s1. The zero-order valence-corrected chi connectivity index (χ0v) is 19.9. The van der Waals surface area contributed by atoms with E-state index >= 15 is 0 Å². The molecule has 1 aliphatic rings. The quantitative estimate of drug-likeness (QED) is 0.603. The lowest BCUT2D eigenvalue weighted by atomic mass is 10.0. The van der Waals surface area contributed by atoms with E-state index < -0.39 is 29.5 Å². The highest BCUT2D eigenvalue weighted by Crippen LogP contribution is 2.25. The molecule has 3 aromatic rings. The molecule has 0 saturated carbocycles. The third kappa shape index (κ3) is 4.73. The molecule has 4 rings (SSSR count). The van der Waals surface area contributed by atoms with Crippen molar-refractivity contribution in [3.05, 3.63) is 91.9 Å². The van der Waals surface area contributed by atoms with Crippen molar-refractivity contribution in [1.82, 2.24) is 15.1 Å². The third-order valence-electron chi connectivity index (χ3n) is 6.36. The molecule has 1 fully saturated rings. The summed E-state index contributed by atoms with van der Waals surface area (Å²) >= 11 is 0. The van der Waals surface area contributed by atoms with E-state index in [0.29, 0.717) is 22.4 Å². The number of piperazine rings is 1. The first-order valence-electron chi connectivity index (χ1n) is 11.2. The Kier molecular flexibility index (Phi) is 6.66. The Morgan fingerprint density at radius 2 is 1.92 bits per heavy atom. The lowest BCUT2D eigenvalue weighted by molar-refractivity contribution is -0.121. The van der Waals surface area contributed by atoms with Crippen molar-refractivity contribution < 1.29 is 18.4 Å². The summed E-state index contributed by atoms with van der Waals surface area (Å²) in [7, 11) is 0. The van der Waals surface area contributed by atoms with E-state index in [1.165, 1.54) is 34.1 Å². The van der Waals surface area contributed by atoms with Gasteiger partial charge in [-0.15, -0.1) is 0 Å². The summed E-state index contributed by atoms with van der Waals surface area (Å²) in [6.07, 6.45) is 0.272. The van der Waals surface area contributed by atoms with Crippen LogP contribution in [-0.4, -0.2) is 46.0 Å². The van der Waals surface area contributed by atoms with Crippen LogP contribution < -0.4 is 10.5 Å². The molecule has 184 valence electrons. The fourth-order valence-electron chi connectivity index (χ4n) is 4.34. The molecule has 36 heavy (non-hydrogen) atoms. The summed E-state index contributed by atoms with van der Waals surface area (Å²) in [5.41, 5.74) is 2.29. The Balaban J connectivity index is 1.57. The van der Waals surface area contributed by atoms with E-state index in [-0.39, 0.29) is 41.9 Å². The first-order valence-corrected chi connectivity index (χ1v) is 11.2. The number of nitrogens with zero attached hydrogens (tertiary/aromatic N) is 4. The van der Waals surface area contributed by atoms with Gasteiger partial charge in [0.2, 0.25) is 5.91 Å². The normalized spacial score (nSPS) is 15.7. The average molecular weight is 491 g/mol. The van der Waals surface area contributed by atoms with Crippen molar-refractivity contribution >= 4 is 17.5 Å². The lowest BCUT2D eigenvalue weighted by Crippen LogP contribution is -2.57. The van der Waals surface area contributed by atoms with E-state index in [2.05, 4.69) is 10.2 Å². The van der Waals surface area contributed by atoms with Gasteiger partial charge in [-0.1, -0.05) is 6.07 Å². The first kappa shape index (κ1) is 24.7. The van der Waals surface area contributed by atoms with Gasteiger partial charge in [-0.3, -0.25) is 14.4 Å². The molecule has 0 radical (unpaired) electrons. The number of carbonyl (C=O) groups excluding carboxylic acids is 2. The van der Waals surface area contributed by atoms with Crippen molar-refractivity contribution in [1.29, 1.82) is 5.26 Å². The largest absolute Gasteiger partial charge is 0.327 e. The highest BCUT2D eigenvalue weighted by atomic mass is 19.1. The van der Waals surface area contributed by atoms with Crippen LogP contribution in [0.1, 0.15) is 45.2 Å². The molecule has 1 N–H and O–H groups in total. The van der Waals surface area contributed by atoms with Gasteiger partial charge in [0.1, 0.15) is 18.2 Å². The van der Waals surface area contributed by atoms with Crippen LogP contribution in [0.4, 0.5) is 14.5 Å². The van der Waals surface area contributed by atoms with E-state index in [0.717, 1.165) is 12.1 Å². The number of nitriles is 1. The molecule has 2 aromatic carbocycles. The van der Waals surface area contributed by atoms with E-state index in [4.69, 9.17) is 5.26 Å². The molecule has 1 saturated heterocycles. The molecule has 1 aromatic heterocycles. The van der Waals surface area contributed by atoms with Crippen molar-refractivity contribution in [2.75, 3.05) is 18.0 Å². The third-order valence-corrected chi connectivity index (χ3v) is 6.36. The van der Waals surface area contributed by atoms with E-state index in [1.54, 1.807) is 20.8 Å². The van der Waals surface area contributed by atoms with Crippen molar-refractivity contribution in [3.8, 4) is 6.07 Å². The fourth-order valence-corrected chi connectivity index (χ4v) is 4.34. The Morgan fingerprint density at radius 3 is 2.61 bits per heavy atom. The number of rotatable bonds is 4. The van der Waals surface area contributed by atoms with Gasteiger partial charge in [0, 0.05) is 24.2 Å². The average Bonchev–Trinajstić information content (AvgIpc) is 2.84. The summed E-state index contributed by atoms with van der Waals surface area (Å²) in [4.78, 5) is 40.5. The minimum absolute atomic E-state index is 0.0739. The fraction of sp³-hybridized carbons (Fsp3) is 0.269. The van der Waals surface area contributed by atoms with Crippen LogP contribution in [-0.2, 0) is 11.2 Å². The maximum absolute atomic E-state index is 14.7. The molecule has 2 amide bonds. The minimum atomic E-state index is -0.725. The molecule has 1 atom stereocenters. The zero-order valence-electron chi connectivity index (χ0n) is 19.9. The summed E-state index contributed by atoms with van der Waals surface area (Å²) in [5, 5.41) is 15.6. The van der Waals surface area contributed by atoms with Crippen LogP contribution in [0.3, 0.4) is 0 Å². The number of aromatic nitrogens is 2. The second kappa shape index (κ2) is 9.70. The summed E-state index contributed by atoms with van der Waals surface area (Å²) in [6, 6.07) is 9.11. The number of anilines is 1. The molecule has 0 bridgehead atoms. The number of hydrogen-bond donors (Lipinski definition) is 1. The van der Waals surface area contributed by atoms with Crippen LogP contribution in [0.15, 0.2) is 41.2 Å². The van der Waals surface area contributed by atoms with E-state index in [9.17, 15) is 23.2 Å². The Labute approximate surface area is 205 Å². The number of halogens is 2. The van der Waals surface area contributed by atoms with Crippen molar-refractivity contribution in [2.24, 2.45) is 0 Å². The molecule has 10 heteroatoms. The molecule has 8 nitrogen and oxygen atoms in total. The molecule has 0 spiro atoms. The Morgan fingerprint density at radius 1 is 1.17 bits per heavy atom. The van der Waals surface area contributed by atoms with Crippen LogP contribution in [0.2, 0.25) is 0 Å². The van der Waals surface area contributed by atoms with Crippen LogP contribution >= 0.6 is 0 Å². The first-order chi connectivity index (χ1) is 17.1. The Bertz CT molecular complexity index is 1480. The smallest absolute Gasteiger partial charge is 0.267 e. The molecular weight excluding hydrogens is 468 g/mol. The molecule has 2 heterocycles. The number of amides is 2. The monoisotopic (exact) mass is 491 g/mol. The minimum Gasteiger partial charge on any atom is -0.327 e. The van der Waals surface area contributed by atoms with Crippen molar-refractivity contribution in [2.45, 2.75) is 33.2 Å². The van der Waals surface area contributed by atoms with Crippen molar-refractivity contribution in [3.63, 3.8) is 0 Å². The van der Waals surface area contributed by atoms with Gasteiger partial charge < -0.3 is 9.80 Å². The van der Waals surface area contributed by atoms with Crippen LogP contribution in [0.5, 0.6) is 0 Å². The molecule has 1 aliphatic heterocycles. The zero-order chi connectivity index (χ0) is 26.1. The number of H-pyrrole nitrogens is 1. The predicted molar refractivity (Wildman–Crippen MR) is 128 cm³/mol. The summed E-state index contributed by atoms with van der Waals surface area (Å²) < 4.78 is 28.6.